The molecule has 1 aliphatic carbocycles. The summed E-state index contributed by atoms with van der Waals surface area (Å²) in [6.45, 7) is 2.43. The zero-order chi connectivity index (χ0) is 25.5. The lowest BCUT2D eigenvalue weighted by atomic mass is 9.91. The van der Waals surface area contributed by atoms with Crippen LogP contribution in [0.3, 0.4) is 0 Å². The molecule has 1 saturated carbocycles. The molecular weight excluding hydrogens is 498 g/mol. The predicted molar refractivity (Wildman–Crippen MR) is 129 cm³/mol. The van der Waals surface area contributed by atoms with Crippen molar-refractivity contribution >= 4 is 35.0 Å². The number of alkyl halides is 4. The first kappa shape index (κ1) is 24.5. The number of nitrogens with one attached hydrogen (secondary N) is 2. The molecule has 2 aliphatic rings. The van der Waals surface area contributed by atoms with Crippen LogP contribution in [0.1, 0.15) is 33.5 Å². The van der Waals surface area contributed by atoms with E-state index in [1.54, 1.807) is 12.1 Å². The van der Waals surface area contributed by atoms with Crippen molar-refractivity contribution in [1.29, 1.82) is 0 Å². The van der Waals surface area contributed by atoms with Crippen LogP contribution in [-0.2, 0) is 11.2 Å². The van der Waals surface area contributed by atoms with Gasteiger partial charge in [0.05, 0.1) is 13.1 Å². The number of hydrogen-bond acceptors (Lipinski definition) is 8. The Kier molecular flexibility index (Phi) is 6.35. The van der Waals surface area contributed by atoms with Gasteiger partial charge >= 0.3 is 6.18 Å². The Bertz CT molecular complexity index is 1270. The van der Waals surface area contributed by atoms with Crippen LogP contribution in [0, 0.1) is 12.8 Å². The van der Waals surface area contributed by atoms with Crippen LogP contribution in [0.25, 0.3) is 0 Å². The number of carbonyl (C=O) groups is 1. The molecule has 5 rings (SSSR count). The molecular formula is C23H27F4N7OS. The average molecular weight is 526 g/mol. The van der Waals surface area contributed by atoms with Crippen molar-refractivity contribution in [3.8, 4) is 0 Å². The molecule has 0 bridgehead atoms. The third-order valence-electron chi connectivity index (χ3n) is 5.98. The molecule has 0 spiro atoms. The lowest BCUT2D eigenvalue weighted by Crippen LogP contribution is -2.60. The van der Waals surface area contributed by atoms with E-state index < -0.39 is 30.5 Å². The SMILES string of the molecule is Cc1cc(Nc2cc(N3CC(F)(C4CC4)C3)nc(Sc3ccc(CC(=O)CC(F)(F)F)nc3)n2)n[nH]1.[HH].[HH]. The molecule has 13 heteroatoms. The van der Waals surface area contributed by atoms with E-state index in [0.29, 0.717) is 27.5 Å². The average Bonchev–Trinajstić information content (AvgIpc) is 3.54. The van der Waals surface area contributed by atoms with Crippen molar-refractivity contribution < 1.29 is 25.2 Å². The van der Waals surface area contributed by atoms with Gasteiger partial charge in [-0.25, -0.2) is 14.4 Å². The highest BCUT2D eigenvalue weighted by Gasteiger charge is 2.54. The fraction of sp³-hybridized carbons (Fsp3) is 0.435. The Balaban J connectivity index is 0.00000200. The van der Waals surface area contributed by atoms with Crippen LogP contribution in [0.4, 0.5) is 35.0 Å². The van der Waals surface area contributed by atoms with Crippen LogP contribution in [0.2, 0.25) is 0 Å². The second-order valence-corrected chi connectivity index (χ2v) is 10.3. The van der Waals surface area contributed by atoms with Crippen molar-refractivity contribution in [3.63, 3.8) is 0 Å². The van der Waals surface area contributed by atoms with E-state index in [1.807, 2.05) is 17.9 Å². The first-order chi connectivity index (χ1) is 17.0. The highest BCUT2D eigenvalue weighted by Crippen LogP contribution is 2.48. The molecule has 0 radical (unpaired) electrons. The molecule has 194 valence electrons. The highest BCUT2D eigenvalue weighted by molar-refractivity contribution is 7.99. The second kappa shape index (κ2) is 9.34. The van der Waals surface area contributed by atoms with Crippen molar-refractivity contribution in [1.82, 2.24) is 25.1 Å². The maximum atomic E-state index is 14.9. The van der Waals surface area contributed by atoms with E-state index in [-0.39, 0.29) is 27.6 Å². The van der Waals surface area contributed by atoms with E-state index in [0.717, 1.165) is 18.5 Å². The Morgan fingerprint density at radius 3 is 2.64 bits per heavy atom. The highest BCUT2D eigenvalue weighted by atomic mass is 32.2. The summed E-state index contributed by atoms with van der Waals surface area (Å²) in [5.41, 5.74) is -0.0517. The van der Waals surface area contributed by atoms with Gasteiger partial charge in [0, 0.05) is 43.9 Å². The van der Waals surface area contributed by atoms with Gasteiger partial charge in [0.25, 0.3) is 0 Å². The van der Waals surface area contributed by atoms with Crippen LogP contribution >= 0.6 is 11.8 Å². The summed E-state index contributed by atoms with van der Waals surface area (Å²) in [5, 5.41) is 10.5. The molecule has 1 saturated heterocycles. The van der Waals surface area contributed by atoms with E-state index in [4.69, 9.17) is 0 Å². The lowest BCUT2D eigenvalue weighted by Gasteiger charge is -2.45. The Morgan fingerprint density at radius 1 is 1.25 bits per heavy atom. The minimum absolute atomic E-state index is 0. The van der Waals surface area contributed by atoms with Crippen molar-refractivity contribution in [3.05, 3.63) is 41.9 Å². The molecule has 3 aromatic heterocycles. The van der Waals surface area contributed by atoms with E-state index >= 15 is 0 Å². The number of aromatic nitrogens is 5. The predicted octanol–water partition coefficient (Wildman–Crippen LogP) is 5.29. The number of pyridine rings is 1. The normalized spacial score (nSPS) is 17.1. The molecule has 1 aliphatic heterocycles. The number of anilines is 3. The smallest absolute Gasteiger partial charge is 0.350 e. The zero-order valence-corrected chi connectivity index (χ0v) is 20.1. The van der Waals surface area contributed by atoms with Crippen molar-refractivity contribution in [2.75, 3.05) is 23.3 Å². The molecule has 3 aromatic rings. The van der Waals surface area contributed by atoms with Crippen molar-refractivity contribution in [2.45, 2.75) is 54.5 Å². The molecule has 4 heterocycles. The van der Waals surface area contributed by atoms with Gasteiger partial charge in [-0.05, 0) is 49.6 Å². The Morgan fingerprint density at radius 2 is 2.03 bits per heavy atom. The topological polar surface area (TPSA) is 99.7 Å². The summed E-state index contributed by atoms with van der Waals surface area (Å²) in [6.07, 6.45) is -3.10. The number of aryl methyl sites for hydroxylation is 1. The first-order valence-corrected chi connectivity index (χ1v) is 12.2. The minimum atomic E-state index is -4.54. The third kappa shape index (κ3) is 5.94. The van der Waals surface area contributed by atoms with Crippen LogP contribution in [0.5, 0.6) is 0 Å². The summed E-state index contributed by atoms with van der Waals surface area (Å²) < 4.78 is 52.1. The third-order valence-corrected chi connectivity index (χ3v) is 6.82. The number of Topliss-reactive ketones (excluding diaryl/α,β-unsaturated/α-hetero) is 1. The summed E-state index contributed by atoms with van der Waals surface area (Å²) in [4.78, 5) is 27.3. The fourth-order valence-corrected chi connectivity index (χ4v) is 4.81. The minimum Gasteiger partial charge on any atom is -0.350 e. The molecule has 8 nitrogen and oxygen atoms in total. The van der Waals surface area contributed by atoms with Gasteiger partial charge in [-0.15, -0.1) is 0 Å². The zero-order valence-electron chi connectivity index (χ0n) is 19.3. The quantitative estimate of drug-likeness (QED) is 0.287. The number of carbonyl (C=O) groups excluding carboxylic acids is 1. The summed E-state index contributed by atoms with van der Waals surface area (Å²) in [5.74, 6) is 0.823. The molecule has 0 aromatic carbocycles. The molecule has 0 unspecified atom stereocenters. The maximum absolute atomic E-state index is 14.9. The van der Waals surface area contributed by atoms with Crippen LogP contribution in [0.15, 0.2) is 40.5 Å². The van der Waals surface area contributed by atoms with Crippen molar-refractivity contribution in [2.24, 2.45) is 5.92 Å². The van der Waals surface area contributed by atoms with Gasteiger partial charge in [-0.3, -0.25) is 14.9 Å². The fourth-order valence-electron chi connectivity index (χ4n) is 4.08. The number of ketones is 1. The Hall–Kier alpha value is -3.22. The largest absolute Gasteiger partial charge is 0.395 e. The van der Waals surface area contributed by atoms with Crippen LogP contribution < -0.4 is 10.2 Å². The molecule has 0 atom stereocenters. The second-order valence-electron chi connectivity index (χ2n) is 9.21. The number of H-pyrrole nitrogens is 1. The number of hydrogen-bond donors (Lipinski definition) is 2. The standard InChI is InChI=1S/C23H23F4N7OS.2H2/c1-13-6-19(33-32-13)29-18-8-20(34-11-22(24,12-34)14-2-3-14)31-21(30-18)36-17-5-4-15(28-10-17)7-16(35)9-23(25,26)27;;/h4-6,8,10,14H,2-3,7,9,11-12H2,1H3,(H2,29,30,31,32,33);2*1H. The lowest BCUT2D eigenvalue weighted by molar-refractivity contribution is -0.151. The number of nitrogens with zero attached hydrogens (tertiary/aromatic N) is 5. The maximum Gasteiger partial charge on any atom is 0.395 e. The number of rotatable bonds is 9. The molecule has 2 N–H and O–H groups in total. The van der Waals surface area contributed by atoms with Gasteiger partial charge in [-0.2, -0.15) is 18.3 Å². The summed E-state index contributed by atoms with van der Waals surface area (Å²) >= 11 is 1.20. The monoisotopic (exact) mass is 525 g/mol. The van der Waals surface area contributed by atoms with Gasteiger partial charge in [0.15, 0.2) is 11.0 Å². The van der Waals surface area contributed by atoms with Gasteiger partial charge < -0.3 is 10.2 Å². The Labute approximate surface area is 211 Å². The van der Waals surface area contributed by atoms with Gasteiger partial charge in [0.2, 0.25) is 0 Å². The molecule has 2 fully saturated rings. The molecule has 0 amide bonds. The van der Waals surface area contributed by atoms with Crippen LogP contribution in [-0.4, -0.2) is 55.9 Å². The van der Waals surface area contributed by atoms with Gasteiger partial charge in [-0.1, -0.05) is 0 Å². The number of aromatic amines is 1. The molecule has 36 heavy (non-hydrogen) atoms. The summed E-state index contributed by atoms with van der Waals surface area (Å²) in [6, 6.07) is 6.72. The summed E-state index contributed by atoms with van der Waals surface area (Å²) in [7, 11) is 0. The first-order valence-electron chi connectivity index (χ1n) is 11.4. The number of halogens is 4. The van der Waals surface area contributed by atoms with E-state index in [9.17, 15) is 22.4 Å². The van der Waals surface area contributed by atoms with Gasteiger partial charge in [0.1, 0.15) is 29.5 Å². The van der Waals surface area contributed by atoms with E-state index in [1.165, 1.54) is 24.0 Å². The van der Waals surface area contributed by atoms with E-state index in [2.05, 4.69) is 30.5 Å².